The molecule has 98 valence electrons. The average molecular weight is 286 g/mol. The molecule has 1 saturated heterocycles. The van der Waals surface area contributed by atoms with E-state index in [-0.39, 0.29) is 0 Å². The molecule has 7 heteroatoms. The fourth-order valence-electron chi connectivity index (χ4n) is 1.92. The first kappa shape index (κ1) is 13.4. The van der Waals surface area contributed by atoms with Gasteiger partial charge in [-0.15, -0.1) is 0 Å². The van der Waals surface area contributed by atoms with Crippen molar-refractivity contribution in [2.75, 3.05) is 29.2 Å². The molecule has 1 atom stereocenters. The average Bonchev–Trinajstić information content (AvgIpc) is 2.37. The van der Waals surface area contributed by atoms with Gasteiger partial charge in [0.25, 0.3) is 0 Å². The summed E-state index contributed by atoms with van der Waals surface area (Å²) < 4.78 is 23.6. The van der Waals surface area contributed by atoms with E-state index in [2.05, 4.69) is 4.98 Å². The van der Waals surface area contributed by atoms with E-state index in [1.807, 2.05) is 0 Å². The quantitative estimate of drug-likeness (QED) is 0.766. The molecular weight excluding hydrogens is 272 g/mol. The van der Waals surface area contributed by atoms with Gasteiger partial charge in [-0.05, 0) is 12.1 Å². The number of carbonyl (C=O) groups is 1. The van der Waals surface area contributed by atoms with Crippen molar-refractivity contribution in [3.05, 3.63) is 23.9 Å². The van der Waals surface area contributed by atoms with E-state index >= 15 is 0 Å². The van der Waals surface area contributed by atoms with Crippen LogP contribution in [-0.2, 0) is 9.84 Å². The van der Waals surface area contributed by atoms with Gasteiger partial charge in [-0.2, -0.15) is 11.8 Å². The van der Waals surface area contributed by atoms with Crippen molar-refractivity contribution in [1.82, 2.24) is 4.98 Å². The van der Waals surface area contributed by atoms with Crippen LogP contribution >= 0.6 is 11.8 Å². The van der Waals surface area contributed by atoms with Crippen LogP contribution in [0.3, 0.4) is 0 Å². The minimum atomic E-state index is -3.20. The Hall–Kier alpha value is -1.08. The van der Waals surface area contributed by atoms with Gasteiger partial charge in [0.2, 0.25) is 0 Å². The summed E-state index contributed by atoms with van der Waals surface area (Å²) in [5, 5.41) is -0.607. The van der Waals surface area contributed by atoms with Crippen molar-refractivity contribution in [2.45, 2.75) is 5.37 Å². The SMILES string of the molecule is CS(=O)(=O)C1CSCCN1c1ncccc1C=O. The van der Waals surface area contributed by atoms with Crippen LogP contribution in [0.4, 0.5) is 5.82 Å². The van der Waals surface area contributed by atoms with Crippen molar-refractivity contribution in [1.29, 1.82) is 0 Å². The third-order valence-electron chi connectivity index (χ3n) is 2.79. The summed E-state index contributed by atoms with van der Waals surface area (Å²) in [6, 6.07) is 3.32. The van der Waals surface area contributed by atoms with Crippen molar-refractivity contribution < 1.29 is 13.2 Å². The van der Waals surface area contributed by atoms with Crippen LogP contribution in [0.15, 0.2) is 18.3 Å². The number of thioether (sulfide) groups is 1. The lowest BCUT2D eigenvalue weighted by Crippen LogP contribution is -2.47. The number of hydrogen-bond acceptors (Lipinski definition) is 6. The molecule has 0 radical (unpaired) electrons. The Morgan fingerprint density at radius 1 is 1.56 bits per heavy atom. The van der Waals surface area contributed by atoms with Gasteiger partial charge in [0.05, 0.1) is 5.56 Å². The minimum absolute atomic E-state index is 0.429. The van der Waals surface area contributed by atoms with Gasteiger partial charge in [-0.25, -0.2) is 13.4 Å². The molecule has 0 bridgehead atoms. The molecule has 0 spiro atoms. The molecule has 1 fully saturated rings. The molecule has 18 heavy (non-hydrogen) atoms. The van der Waals surface area contributed by atoms with Gasteiger partial charge in [0, 0.05) is 30.5 Å². The monoisotopic (exact) mass is 286 g/mol. The van der Waals surface area contributed by atoms with E-state index in [1.165, 1.54) is 6.26 Å². The summed E-state index contributed by atoms with van der Waals surface area (Å²) >= 11 is 1.60. The molecule has 5 nitrogen and oxygen atoms in total. The Balaban J connectivity index is 2.43. The maximum Gasteiger partial charge on any atom is 0.169 e. The van der Waals surface area contributed by atoms with Crippen LogP contribution in [0.25, 0.3) is 0 Å². The van der Waals surface area contributed by atoms with E-state index in [4.69, 9.17) is 0 Å². The predicted octanol–water partition coefficient (Wildman–Crippen LogP) is 0.818. The maximum atomic E-state index is 11.8. The zero-order valence-corrected chi connectivity index (χ0v) is 11.6. The molecule has 2 heterocycles. The standard InChI is InChI=1S/C11H14N2O3S2/c1-18(15,16)10-8-17-6-5-13(10)11-9(7-14)3-2-4-12-11/h2-4,7,10H,5-6,8H2,1H3. The number of carbonyl (C=O) groups excluding carboxylic acids is 1. The third-order valence-corrected chi connectivity index (χ3v) is 5.44. The first-order valence-corrected chi connectivity index (χ1v) is 8.58. The van der Waals surface area contributed by atoms with Gasteiger partial charge in [-0.1, -0.05) is 0 Å². The summed E-state index contributed by atoms with van der Waals surface area (Å²) in [4.78, 5) is 16.9. The molecular formula is C11H14N2O3S2. The lowest BCUT2D eigenvalue weighted by Gasteiger charge is -2.35. The topological polar surface area (TPSA) is 67.3 Å². The summed E-state index contributed by atoms with van der Waals surface area (Å²) in [5.74, 6) is 1.80. The second-order valence-corrected chi connectivity index (χ2v) is 7.44. The van der Waals surface area contributed by atoms with Gasteiger partial charge in [0.15, 0.2) is 16.1 Å². The highest BCUT2D eigenvalue weighted by Crippen LogP contribution is 2.26. The van der Waals surface area contributed by atoms with Gasteiger partial charge in [0.1, 0.15) is 11.2 Å². The number of anilines is 1. The van der Waals surface area contributed by atoms with Crippen LogP contribution in [0, 0.1) is 0 Å². The highest BCUT2D eigenvalue weighted by Gasteiger charge is 2.32. The zero-order chi connectivity index (χ0) is 13.2. The molecule has 0 N–H and O–H groups in total. The lowest BCUT2D eigenvalue weighted by atomic mass is 10.2. The molecule has 1 aromatic rings. The van der Waals surface area contributed by atoms with Crippen LogP contribution in [0.2, 0.25) is 0 Å². The Morgan fingerprint density at radius 3 is 3.00 bits per heavy atom. The molecule has 0 saturated carbocycles. The number of rotatable bonds is 3. The highest BCUT2D eigenvalue weighted by atomic mass is 32.2. The van der Waals surface area contributed by atoms with Crippen molar-refractivity contribution in [2.24, 2.45) is 0 Å². The molecule has 1 aliphatic heterocycles. The fraction of sp³-hybridized carbons (Fsp3) is 0.455. The maximum absolute atomic E-state index is 11.8. The summed E-state index contributed by atoms with van der Waals surface area (Å²) in [6.07, 6.45) is 3.51. The lowest BCUT2D eigenvalue weighted by molar-refractivity contribution is 0.112. The molecule has 1 aromatic heterocycles. The first-order valence-electron chi connectivity index (χ1n) is 5.47. The summed E-state index contributed by atoms with van der Waals surface area (Å²) in [5.41, 5.74) is 0.429. The molecule has 0 aliphatic carbocycles. The van der Waals surface area contributed by atoms with Gasteiger partial charge >= 0.3 is 0 Å². The van der Waals surface area contributed by atoms with Crippen molar-refractivity contribution in [3.63, 3.8) is 0 Å². The Kier molecular flexibility index (Phi) is 3.91. The number of aldehydes is 1. The number of hydrogen-bond donors (Lipinski definition) is 0. The van der Waals surface area contributed by atoms with Crippen molar-refractivity contribution in [3.8, 4) is 0 Å². The fourth-order valence-corrected chi connectivity index (χ4v) is 4.74. The van der Waals surface area contributed by atoms with Crippen molar-refractivity contribution >= 4 is 33.7 Å². The van der Waals surface area contributed by atoms with Crippen LogP contribution in [0.5, 0.6) is 0 Å². The van der Waals surface area contributed by atoms with E-state index in [9.17, 15) is 13.2 Å². The zero-order valence-electron chi connectivity index (χ0n) is 9.94. The Labute approximate surface area is 111 Å². The summed E-state index contributed by atoms with van der Waals surface area (Å²) in [6.45, 7) is 0.584. The molecule has 0 amide bonds. The molecule has 1 unspecified atom stereocenters. The molecule has 0 aromatic carbocycles. The van der Waals surface area contributed by atoms with E-state index in [1.54, 1.807) is 35.0 Å². The smallest absolute Gasteiger partial charge is 0.169 e. The molecule has 1 aliphatic rings. The van der Waals surface area contributed by atoms with Crippen LogP contribution in [-0.4, -0.2) is 49.4 Å². The van der Waals surface area contributed by atoms with Gasteiger partial charge in [-0.3, -0.25) is 4.79 Å². The minimum Gasteiger partial charge on any atom is -0.338 e. The van der Waals surface area contributed by atoms with Crippen LogP contribution < -0.4 is 4.90 Å². The largest absolute Gasteiger partial charge is 0.338 e. The number of nitrogens with zero attached hydrogens (tertiary/aromatic N) is 2. The first-order chi connectivity index (χ1) is 8.54. The molecule has 2 rings (SSSR count). The Morgan fingerprint density at radius 2 is 2.33 bits per heavy atom. The van der Waals surface area contributed by atoms with E-state index < -0.39 is 15.2 Å². The number of aromatic nitrogens is 1. The second kappa shape index (κ2) is 5.27. The highest BCUT2D eigenvalue weighted by molar-refractivity contribution is 8.01. The summed E-state index contributed by atoms with van der Waals surface area (Å²) in [7, 11) is -3.20. The normalized spacial score (nSPS) is 20.7. The number of pyridine rings is 1. The number of sulfone groups is 1. The predicted molar refractivity (Wildman–Crippen MR) is 72.9 cm³/mol. The van der Waals surface area contributed by atoms with E-state index in [0.717, 1.165) is 5.75 Å². The van der Waals surface area contributed by atoms with E-state index in [0.29, 0.717) is 30.0 Å². The van der Waals surface area contributed by atoms with Gasteiger partial charge < -0.3 is 4.90 Å². The van der Waals surface area contributed by atoms with Crippen LogP contribution in [0.1, 0.15) is 10.4 Å². The third kappa shape index (κ3) is 2.67. The Bertz CT molecular complexity index is 545. The second-order valence-electron chi connectivity index (χ2n) is 4.09.